The van der Waals surface area contributed by atoms with Crippen molar-refractivity contribution in [3.8, 4) is 17.1 Å². The summed E-state index contributed by atoms with van der Waals surface area (Å²) in [5, 5.41) is 1.71. The number of fused-ring (bicyclic) bond motifs is 1. The van der Waals surface area contributed by atoms with Crippen LogP contribution < -0.4 is 9.46 Å². The Morgan fingerprint density at radius 1 is 1.23 bits per heavy atom. The lowest BCUT2D eigenvalue weighted by Gasteiger charge is -2.12. The summed E-state index contributed by atoms with van der Waals surface area (Å²) in [6, 6.07) is 10.2. The number of methoxy groups -OCH3 is 1. The quantitative estimate of drug-likeness (QED) is 0.547. The summed E-state index contributed by atoms with van der Waals surface area (Å²) in [6.07, 6.45) is 3.48. The standard InChI is InChI=1S/C17H14N4O3S2/c1-24-15-5-4-11(17-19-10-14-12(20-17)6-7-18-14)9-13(15)21-26(22,23)16-3-2-8-25-16/h2-10,18,21H,1H3. The molecule has 3 aromatic heterocycles. The van der Waals surface area contributed by atoms with Crippen LogP contribution in [0.15, 0.2) is 58.4 Å². The first-order chi connectivity index (χ1) is 12.6. The van der Waals surface area contributed by atoms with Crippen LogP contribution in [-0.2, 0) is 10.0 Å². The van der Waals surface area contributed by atoms with Crippen LogP contribution in [0.5, 0.6) is 5.75 Å². The number of hydrogen-bond donors (Lipinski definition) is 2. The van der Waals surface area contributed by atoms with E-state index in [1.165, 1.54) is 7.11 Å². The summed E-state index contributed by atoms with van der Waals surface area (Å²) in [5.74, 6) is 0.910. The molecular weight excluding hydrogens is 372 g/mol. The minimum atomic E-state index is -3.68. The summed E-state index contributed by atoms with van der Waals surface area (Å²) in [4.78, 5) is 11.9. The highest BCUT2D eigenvalue weighted by Gasteiger charge is 2.18. The van der Waals surface area contributed by atoms with E-state index in [-0.39, 0.29) is 4.21 Å². The number of nitrogens with one attached hydrogen (secondary N) is 2. The normalized spacial score (nSPS) is 11.6. The molecule has 0 bridgehead atoms. The SMILES string of the molecule is COc1ccc(-c2ncc3[nH]ccc3n2)cc1NS(=O)(=O)c1cccs1. The first-order valence-corrected chi connectivity index (χ1v) is 9.98. The van der Waals surface area contributed by atoms with E-state index < -0.39 is 10.0 Å². The van der Waals surface area contributed by atoms with Gasteiger partial charge in [-0.2, -0.15) is 0 Å². The highest BCUT2D eigenvalue weighted by Crippen LogP contribution is 2.32. The maximum atomic E-state index is 12.5. The molecule has 0 amide bonds. The van der Waals surface area contributed by atoms with Gasteiger partial charge in [-0.3, -0.25) is 4.72 Å². The van der Waals surface area contributed by atoms with Crippen molar-refractivity contribution >= 4 is 38.1 Å². The van der Waals surface area contributed by atoms with Crippen LogP contribution in [0.2, 0.25) is 0 Å². The smallest absolute Gasteiger partial charge is 0.271 e. The third kappa shape index (κ3) is 3.02. The van der Waals surface area contributed by atoms with Crippen LogP contribution in [0.1, 0.15) is 0 Å². The van der Waals surface area contributed by atoms with Gasteiger partial charge in [0.15, 0.2) is 5.82 Å². The number of nitrogens with zero attached hydrogens (tertiary/aromatic N) is 2. The molecule has 0 atom stereocenters. The third-order valence-corrected chi connectivity index (χ3v) is 6.52. The lowest BCUT2D eigenvalue weighted by molar-refractivity contribution is 0.417. The highest BCUT2D eigenvalue weighted by molar-refractivity contribution is 7.94. The average Bonchev–Trinajstić information content (AvgIpc) is 3.32. The van der Waals surface area contributed by atoms with Crippen molar-refractivity contribution in [2.75, 3.05) is 11.8 Å². The second-order valence-corrected chi connectivity index (χ2v) is 8.28. The van der Waals surface area contributed by atoms with E-state index in [4.69, 9.17) is 4.74 Å². The summed E-state index contributed by atoms with van der Waals surface area (Å²) in [5.41, 5.74) is 2.63. The van der Waals surface area contributed by atoms with Gasteiger partial charge in [-0.1, -0.05) is 6.07 Å². The number of anilines is 1. The number of sulfonamides is 1. The first kappa shape index (κ1) is 16.6. The zero-order valence-corrected chi connectivity index (χ0v) is 15.3. The molecule has 0 fully saturated rings. The van der Waals surface area contributed by atoms with Crippen LogP contribution in [0, 0.1) is 0 Å². The molecule has 4 aromatic rings. The monoisotopic (exact) mass is 386 g/mol. The molecule has 0 aliphatic carbocycles. The minimum absolute atomic E-state index is 0.231. The number of H-pyrrole nitrogens is 1. The zero-order valence-electron chi connectivity index (χ0n) is 13.6. The van der Waals surface area contributed by atoms with E-state index in [9.17, 15) is 8.42 Å². The molecule has 0 aliphatic heterocycles. The maximum absolute atomic E-state index is 12.5. The molecule has 26 heavy (non-hydrogen) atoms. The van der Waals surface area contributed by atoms with Crippen LogP contribution in [0.25, 0.3) is 22.4 Å². The van der Waals surface area contributed by atoms with Crippen molar-refractivity contribution in [1.82, 2.24) is 15.0 Å². The Hall–Kier alpha value is -2.91. The van der Waals surface area contributed by atoms with Gasteiger partial charge in [-0.15, -0.1) is 11.3 Å². The van der Waals surface area contributed by atoms with Gasteiger partial charge in [-0.25, -0.2) is 18.4 Å². The van der Waals surface area contributed by atoms with E-state index in [1.807, 2.05) is 6.07 Å². The molecule has 0 saturated heterocycles. The topological polar surface area (TPSA) is 97.0 Å². The van der Waals surface area contributed by atoms with E-state index in [2.05, 4.69) is 19.7 Å². The molecule has 2 N–H and O–H groups in total. The molecule has 0 unspecified atom stereocenters. The van der Waals surface area contributed by atoms with Crippen molar-refractivity contribution in [2.45, 2.75) is 4.21 Å². The number of benzene rings is 1. The van der Waals surface area contributed by atoms with Gasteiger partial charge in [-0.05, 0) is 35.7 Å². The molecular formula is C17H14N4O3S2. The lowest BCUT2D eigenvalue weighted by atomic mass is 10.1. The molecule has 7 nitrogen and oxygen atoms in total. The molecule has 132 valence electrons. The van der Waals surface area contributed by atoms with Gasteiger partial charge in [0.2, 0.25) is 0 Å². The predicted molar refractivity (Wildman–Crippen MR) is 101 cm³/mol. The van der Waals surface area contributed by atoms with E-state index in [0.29, 0.717) is 22.8 Å². The van der Waals surface area contributed by atoms with E-state index in [0.717, 1.165) is 22.4 Å². The fraction of sp³-hybridized carbons (Fsp3) is 0.0588. The van der Waals surface area contributed by atoms with Gasteiger partial charge in [0, 0.05) is 11.8 Å². The Morgan fingerprint density at radius 3 is 2.88 bits per heavy atom. The van der Waals surface area contributed by atoms with E-state index >= 15 is 0 Å². The molecule has 0 aliphatic rings. The number of ether oxygens (including phenoxy) is 1. The molecule has 0 radical (unpaired) electrons. The van der Waals surface area contributed by atoms with Gasteiger partial charge in [0.25, 0.3) is 10.0 Å². The Balaban J connectivity index is 1.75. The summed E-state index contributed by atoms with van der Waals surface area (Å²) < 4.78 is 33.2. The molecule has 4 rings (SSSR count). The Labute approximate surface area is 153 Å². The Morgan fingerprint density at radius 2 is 2.12 bits per heavy atom. The second-order valence-electron chi connectivity index (χ2n) is 5.42. The van der Waals surface area contributed by atoms with Crippen LogP contribution in [0.4, 0.5) is 5.69 Å². The second kappa shape index (κ2) is 6.43. The minimum Gasteiger partial charge on any atom is -0.495 e. The Bertz CT molecular complexity index is 1170. The summed E-state index contributed by atoms with van der Waals surface area (Å²) in [6.45, 7) is 0. The Kier molecular flexibility index (Phi) is 4.09. The van der Waals surface area contributed by atoms with Crippen molar-refractivity contribution in [2.24, 2.45) is 0 Å². The van der Waals surface area contributed by atoms with Gasteiger partial charge < -0.3 is 9.72 Å². The number of thiophene rings is 1. The molecule has 3 heterocycles. The van der Waals surface area contributed by atoms with Crippen LogP contribution >= 0.6 is 11.3 Å². The van der Waals surface area contributed by atoms with Crippen molar-refractivity contribution in [1.29, 1.82) is 0 Å². The maximum Gasteiger partial charge on any atom is 0.271 e. The van der Waals surface area contributed by atoms with Crippen molar-refractivity contribution < 1.29 is 13.2 Å². The lowest BCUT2D eigenvalue weighted by Crippen LogP contribution is -2.12. The first-order valence-electron chi connectivity index (χ1n) is 7.62. The number of aromatic nitrogens is 3. The molecule has 1 aromatic carbocycles. The fourth-order valence-electron chi connectivity index (χ4n) is 2.52. The van der Waals surface area contributed by atoms with Crippen molar-refractivity contribution in [3.63, 3.8) is 0 Å². The zero-order chi connectivity index (χ0) is 18.1. The molecule has 9 heteroatoms. The fourth-order valence-corrected chi connectivity index (χ4v) is 4.58. The van der Waals surface area contributed by atoms with Gasteiger partial charge in [0.1, 0.15) is 9.96 Å². The average molecular weight is 386 g/mol. The van der Waals surface area contributed by atoms with Gasteiger partial charge in [0.05, 0.1) is 30.0 Å². The largest absolute Gasteiger partial charge is 0.495 e. The summed E-state index contributed by atoms with van der Waals surface area (Å²) in [7, 11) is -2.20. The highest BCUT2D eigenvalue weighted by atomic mass is 32.2. The number of rotatable bonds is 5. The number of aromatic amines is 1. The van der Waals surface area contributed by atoms with Crippen LogP contribution in [-0.4, -0.2) is 30.5 Å². The van der Waals surface area contributed by atoms with E-state index in [1.54, 1.807) is 48.1 Å². The predicted octanol–water partition coefficient (Wildman–Crippen LogP) is 3.50. The van der Waals surface area contributed by atoms with Gasteiger partial charge >= 0.3 is 0 Å². The third-order valence-electron chi connectivity index (χ3n) is 3.76. The molecule has 0 spiro atoms. The van der Waals surface area contributed by atoms with Crippen molar-refractivity contribution in [3.05, 3.63) is 54.2 Å². The summed E-state index contributed by atoms with van der Waals surface area (Å²) >= 11 is 1.15. The van der Waals surface area contributed by atoms with Crippen LogP contribution in [0.3, 0.4) is 0 Å². The number of hydrogen-bond acceptors (Lipinski definition) is 6. The molecule has 0 saturated carbocycles.